The fourth-order valence-electron chi connectivity index (χ4n) is 5.89. The van der Waals surface area contributed by atoms with Gasteiger partial charge in [0.05, 0.1) is 44.2 Å². The summed E-state index contributed by atoms with van der Waals surface area (Å²) in [6.45, 7) is 9.37. The number of epoxide rings is 1. The van der Waals surface area contributed by atoms with Crippen LogP contribution in [-0.2, 0) is 28.5 Å². The highest BCUT2D eigenvalue weighted by molar-refractivity contribution is 5.90. The minimum Gasteiger partial charge on any atom is -0.494 e. The summed E-state index contributed by atoms with van der Waals surface area (Å²) in [7, 11) is 0. The van der Waals surface area contributed by atoms with E-state index in [-0.39, 0.29) is 30.1 Å². The third kappa shape index (κ3) is 14.5. The van der Waals surface area contributed by atoms with Crippen LogP contribution in [0.4, 0.5) is 0 Å². The molecule has 1 aliphatic heterocycles. The van der Waals surface area contributed by atoms with Crippen LogP contribution < -0.4 is 9.47 Å². The Morgan fingerprint density at radius 2 is 1.28 bits per heavy atom. The predicted molar refractivity (Wildman–Crippen MR) is 189 cm³/mol. The zero-order chi connectivity index (χ0) is 35.4. The predicted octanol–water partition coefficient (Wildman–Crippen LogP) is 7.67. The van der Waals surface area contributed by atoms with Crippen molar-refractivity contribution in [1.29, 1.82) is 0 Å². The number of unbranched alkanes of at least 4 members (excludes halogenated alkanes) is 6. The minimum absolute atomic E-state index is 0.0998. The normalized spacial score (nSPS) is 19.6. The Kier molecular flexibility index (Phi) is 17.1. The van der Waals surface area contributed by atoms with Crippen LogP contribution in [0.25, 0.3) is 0 Å². The van der Waals surface area contributed by atoms with E-state index in [1.165, 1.54) is 6.08 Å². The third-order valence-electron chi connectivity index (χ3n) is 8.98. The van der Waals surface area contributed by atoms with Gasteiger partial charge in [0.2, 0.25) is 0 Å². The van der Waals surface area contributed by atoms with E-state index in [4.69, 9.17) is 33.2 Å². The van der Waals surface area contributed by atoms with Gasteiger partial charge in [0.25, 0.3) is 0 Å². The maximum atomic E-state index is 13.0. The summed E-state index contributed by atoms with van der Waals surface area (Å²) in [4.78, 5) is 36.9. The average molecular weight is 695 g/mol. The largest absolute Gasteiger partial charge is 0.494 e. The highest BCUT2D eigenvalue weighted by Gasteiger charge is 2.34. The van der Waals surface area contributed by atoms with E-state index in [1.54, 1.807) is 36.4 Å². The molecule has 0 radical (unpaired) electrons. The number of hydrogen-bond donors (Lipinski definition) is 0. The van der Waals surface area contributed by atoms with Crippen molar-refractivity contribution in [3.05, 3.63) is 72.3 Å². The Morgan fingerprint density at radius 1 is 0.740 bits per heavy atom. The summed E-state index contributed by atoms with van der Waals surface area (Å²) < 4.78 is 39.1. The van der Waals surface area contributed by atoms with Gasteiger partial charge in [0.1, 0.15) is 29.8 Å². The second-order valence-corrected chi connectivity index (χ2v) is 12.9. The molecule has 0 spiro atoms. The van der Waals surface area contributed by atoms with E-state index in [1.807, 2.05) is 12.1 Å². The third-order valence-corrected chi connectivity index (χ3v) is 8.98. The molecular weight excluding hydrogens is 640 g/mol. The van der Waals surface area contributed by atoms with Crippen molar-refractivity contribution in [3.63, 3.8) is 0 Å². The van der Waals surface area contributed by atoms with Crippen molar-refractivity contribution < 1.29 is 47.5 Å². The first-order valence-electron chi connectivity index (χ1n) is 18.3. The maximum Gasteiger partial charge on any atom is 0.338 e. The van der Waals surface area contributed by atoms with Gasteiger partial charge in [-0.2, -0.15) is 0 Å². The van der Waals surface area contributed by atoms with E-state index >= 15 is 0 Å². The molecule has 1 saturated heterocycles. The molecule has 50 heavy (non-hydrogen) atoms. The van der Waals surface area contributed by atoms with Gasteiger partial charge in [-0.3, -0.25) is 0 Å². The Hall–Kier alpha value is -3.89. The zero-order valence-electron chi connectivity index (χ0n) is 29.5. The molecule has 1 heterocycles. The summed E-state index contributed by atoms with van der Waals surface area (Å²) in [5.74, 6) is 0.425. The van der Waals surface area contributed by atoms with Crippen molar-refractivity contribution in [1.82, 2.24) is 0 Å². The number of esters is 3. The number of rotatable bonds is 24. The molecule has 0 aromatic heterocycles. The molecule has 2 fully saturated rings. The molecule has 1 saturated carbocycles. The molecule has 0 bridgehead atoms. The van der Waals surface area contributed by atoms with Crippen molar-refractivity contribution in [2.24, 2.45) is 5.92 Å². The van der Waals surface area contributed by atoms with E-state index in [0.29, 0.717) is 68.7 Å². The molecule has 2 aromatic rings. The maximum absolute atomic E-state index is 13.0. The van der Waals surface area contributed by atoms with E-state index in [0.717, 1.165) is 76.8 Å². The smallest absolute Gasteiger partial charge is 0.338 e. The van der Waals surface area contributed by atoms with Gasteiger partial charge < -0.3 is 33.2 Å². The lowest BCUT2D eigenvalue weighted by Gasteiger charge is -2.34. The lowest BCUT2D eigenvalue weighted by molar-refractivity contribution is -0.137. The SMILES string of the molecule is C=CC(=O)OCCCCCCOc1ccc(C(=O)O[C@H]2CC[C@H](OC(=O)c3ccc(OCCCCCCOCC4CO4)cc3)C[C@@H]2CC)cc1. The van der Waals surface area contributed by atoms with Gasteiger partial charge in [-0.15, -0.1) is 0 Å². The number of benzene rings is 2. The van der Waals surface area contributed by atoms with E-state index in [2.05, 4.69) is 13.5 Å². The number of carbonyl (C=O) groups is 3. The van der Waals surface area contributed by atoms with Gasteiger partial charge in [0.15, 0.2) is 0 Å². The monoisotopic (exact) mass is 694 g/mol. The molecule has 2 aromatic carbocycles. The quantitative estimate of drug-likeness (QED) is 0.0356. The van der Waals surface area contributed by atoms with Crippen molar-refractivity contribution in [2.75, 3.05) is 39.6 Å². The van der Waals surface area contributed by atoms with Crippen molar-refractivity contribution >= 4 is 17.9 Å². The minimum atomic E-state index is -0.392. The molecule has 0 amide bonds. The van der Waals surface area contributed by atoms with Gasteiger partial charge in [-0.25, -0.2) is 14.4 Å². The fourth-order valence-corrected chi connectivity index (χ4v) is 5.89. The summed E-state index contributed by atoms with van der Waals surface area (Å²) in [5.41, 5.74) is 0.967. The second-order valence-electron chi connectivity index (χ2n) is 12.9. The number of hydrogen-bond acceptors (Lipinski definition) is 10. The molecule has 0 N–H and O–H groups in total. The zero-order valence-corrected chi connectivity index (χ0v) is 29.5. The van der Waals surface area contributed by atoms with Crippen LogP contribution in [0.3, 0.4) is 0 Å². The van der Waals surface area contributed by atoms with E-state index in [9.17, 15) is 14.4 Å². The molecule has 2 aliphatic rings. The first-order chi connectivity index (χ1) is 24.4. The first-order valence-corrected chi connectivity index (χ1v) is 18.3. The van der Waals surface area contributed by atoms with Crippen molar-refractivity contribution in [3.8, 4) is 11.5 Å². The summed E-state index contributed by atoms with van der Waals surface area (Å²) in [6.07, 6.45) is 11.6. The Balaban J connectivity index is 1.08. The van der Waals surface area contributed by atoms with Crippen LogP contribution in [0.1, 0.15) is 105 Å². The van der Waals surface area contributed by atoms with Gasteiger partial charge in [-0.05, 0) is 125 Å². The van der Waals surface area contributed by atoms with Gasteiger partial charge in [0, 0.05) is 12.7 Å². The van der Waals surface area contributed by atoms with Crippen LogP contribution in [0, 0.1) is 5.92 Å². The van der Waals surface area contributed by atoms with Crippen LogP contribution in [0.15, 0.2) is 61.2 Å². The second kappa shape index (κ2) is 22.0. The van der Waals surface area contributed by atoms with Crippen LogP contribution in [0.2, 0.25) is 0 Å². The Labute approximate surface area is 296 Å². The first kappa shape index (κ1) is 38.9. The summed E-state index contributed by atoms with van der Waals surface area (Å²) >= 11 is 0. The molecule has 1 aliphatic carbocycles. The Bertz CT molecular complexity index is 1300. The molecule has 4 atom stereocenters. The number of ether oxygens (including phenoxy) is 7. The van der Waals surface area contributed by atoms with Crippen LogP contribution in [0.5, 0.6) is 11.5 Å². The molecule has 4 rings (SSSR count). The lowest BCUT2D eigenvalue weighted by Crippen LogP contribution is -2.37. The number of carbonyl (C=O) groups excluding carboxylic acids is 3. The van der Waals surface area contributed by atoms with Gasteiger partial charge >= 0.3 is 17.9 Å². The fraction of sp³-hybridized carbons (Fsp3) is 0.575. The lowest BCUT2D eigenvalue weighted by atomic mass is 9.83. The highest BCUT2D eigenvalue weighted by atomic mass is 16.6. The van der Waals surface area contributed by atoms with Crippen LogP contribution in [-0.4, -0.2) is 75.9 Å². The Morgan fingerprint density at radius 3 is 1.82 bits per heavy atom. The topological polar surface area (TPSA) is 119 Å². The van der Waals surface area contributed by atoms with Crippen molar-refractivity contribution in [2.45, 2.75) is 102 Å². The molecular formula is C40H54O10. The average Bonchev–Trinajstić information content (AvgIpc) is 3.97. The molecule has 274 valence electrons. The summed E-state index contributed by atoms with van der Waals surface area (Å²) in [5, 5.41) is 0. The standard InChI is InChI=1S/C40H54O10/c1-3-30-27-35(49-39(42)31-13-17-33(18-14-31)45-24-10-6-5-9-23-44-28-36-29-48-36)21-22-37(30)50-40(43)32-15-19-34(20-16-32)46-25-11-7-8-12-26-47-38(41)4-2/h4,13-20,30,35-37H,2-3,5-12,21-29H2,1H3/t30-,35-,36?,37-/m0/s1. The van der Waals surface area contributed by atoms with E-state index < -0.39 is 5.97 Å². The molecule has 10 heteroatoms. The van der Waals surface area contributed by atoms with Gasteiger partial charge in [-0.1, -0.05) is 19.9 Å². The highest BCUT2D eigenvalue weighted by Crippen LogP contribution is 2.32. The van der Waals surface area contributed by atoms with Crippen LogP contribution >= 0.6 is 0 Å². The molecule has 1 unspecified atom stereocenters. The summed E-state index contributed by atoms with van der Waals surface area (Å²) in [6, 6.07) is 14.1. The molecule has 10 nitrogen and oxygen atoms in total.